The van der Waals surface area contributed by atoms with Crippen molar-refractivity contribution in [3.05, 3.63) is 17.7 Å². The fraction of sp³-hybridized carbons (Fsp3) is 0.800. The van der Waals surface area contributed by atoms with Crippen molar-refractivity contribution in [3.63, 3.8) is 0 Å². The summed E-state index contributed by atoms with van der Waals surface area (Å²) in [7, 11) is 0. The molecule has 1 N–H and O–H groups in total. The lowest BCUT2D eigenvalue weighted by molar-refractivity contribution is 0.434. The van der Waals surface area contributed by atoms with Gasteiger partial charge in [-0.15, -0.1) is 0 Å². The number of aromatic amines is 1. The molecule has 1 atom stereocenters. The van der Waals surface area contributed by atoms with E-state index in [0.717, 1.165) is 5.82 Å². The van der Waals surface area contributed by atoms with Crippen LogP contribution in [0.5, 0.6) is 0 Å². The summed E-state index contributed by atoms with van der Waals surface area (Å²) in [6.45, 7) is 11.3. The minimum atomic E-state index is 0.181. The Kier molecular flexibility index (Phi) is 5.23. The maximum Gasteiger partial charge on any atom is 0.111 e. The van der Waals surface area contributed by atoms with E-state index < -0.39 is 0 Å². The minimum absolute atomic E-state index is 0.181. The van der Waals surface area contributed by atoms with Gasteiger partial charge < -0.3 is 4.98 Å². The molecular weight excluding hydrogens is 208 g/mol. The van der Waals surface area contributed by atoms with Crippen LogP contribution >= 0.6 is 0 Å². The van der Waals surface area contributed by atoms with Crippen molar-refractivity contribution in [2.24, 2.45) is 0 Å². The monoisotopic (exact) mass is 236 g/mol. The van der Waals surface area contributed by atoms with Crippen LogP contribution in [0.1, 0.15) is 84.2 Å². The van der Waals surface area contributed by atoms with Gasteiger partial charge in [-0.1, -0.05) is 53.9 Å². The third kappa shape index (κ3) is 3.86. The zero-order chi connectivity index (χ0) is 12.9. The number of nitrogens with zero attached hydrogens (tertiary/aromatic N) is 1. The maximum absolute atomic E-state index is 4.59. The Labute approximate surface area is 106 Å². The Balaban J connectivity index is 2.72. The number of unbranched alkanes of at least 4 members (excludes halogenated alkanes) is 1. The largest absolute Gasteiger partial charge is 0.345 e. The summed E-state index contributed by atoms with van der Waals surface area (Å²) in [4.78, 5) is 8.12. The molecule has 1 unspecified atom stereocenters. The fourth-order valence-electron chi connectivity index (χ4n) is 2.26. The normalized spacial score (nSPS) is 13.9. The molecule has 0 saturated heterocycles. The molecule has 0 aromatic carbocycles. The average molecular weight is 236 g/mol. The van der Waals surface area contributed by atoms with Gasteiger partial charge in [0.05, 0.1) is 0 Å². The van der Waals surface area contributed by atoms with Crippen LogP contribution in [0.15, 0.2) is 6.20 Å². The first-order chi connectivity index (χ1) is 8.01. The molecule has 2 nitrogen and oxygen atoms in total. The summed E-state index contributed by atoms with van der Waals surface area (Å²) in [6.07, 6.45) is 8.23. The van der Waals surface area contributed by atoms with Crippen LogP contribution in [-0.2, 0) is 5.41 Å². The van der Waals surface area contributed by atoms with E-state index in [2.05, 4.69) is 44.6 Å². The van der Waals surface area contributed by atoms with Gasteiger partial charge in [-0.3, -0.25) is 0 Å². The van der Waals surface area contributed by atoms with Crippen LogP contribution in [-0.4, -0.2) is 9.97 Å². The van der Waals surface area contributed by atoms with Crippen molar-refractivity contribution in [3.8, 4) is 0 Å². The molecule has 0 spiro atoms. The van der Waals surface area contributed by atoms with E-state index in [1.807, 2.05) is 6.20 Å². The molecule has 1 aromatic heterocycles. The Bertz CT molecular complexity index is 325. The molecule has 0 aliphatic carbocycles. The van der Waals surface area contributed by atoms with Gasteiger partial charge >= 0.3 is 0 Å². The zero-order valence-corrected chi connectivity index (χ0v) is 12.1. The molecular formula is C15H28N2. The number of aromatic nitrogens is 2. The lowest BCUT2D eigenvalue weighted by Gasteiger charge is -2.21. The number of imidazole rings is 1. The summed E-state index contributed by atoms with van der Waals surface area (Å²) < 4.78 is 0. The highest BCUT2D eigenvalue weighted by Gasteiger charge is 2.23. The lowest BCUT2D eigenvalue weighted by Crippen LogP contribution is -2.19. The van der Waals surface area contributed by atoms with Gasteiger partial charge in [0.1, 0.15) is 5.82 Å². The van der Waals surface area contributed by atoms with Crippen LogP contribution in [0.25, 0.3) is 0 Å². The van der Waals surface area contributed by atoms with E-state index in [1.54, 1.807) is 0 Å². The van der Waals surface area contributed by atoms with E-state index in [-0.39, 0.29) is 5.41 Å². The van der Waals surface area contributed by atoms with Gasteiger partial charge in [-0.2, -0.15) is 0 Å². The van der Waals surface area contributed by atoms with Gasteiger partial charge in [0, 0.05) is 17.3 Å². The Morgan fingerprint density at radius 2 is 2.00 bits per heavy atom. The number of hydrogen-bond acceptors (Lipinski definition) is 1. The average Bonchev–Trinajstić information content (AvgIpc) is 2.77. The van der Waals surface area contributed by atoms with Gasteiger partial charge in [-0.05, 0) is 18.8 Å². The summed E-state index contributed by atoms with van der Waals surface area (Å²) in [5, 5.41) is 0. The van der Waals surface area contributed by atoms with E-state index in [0.29, 0.717) is 5.92 Å². The van der Waals surface area contributed by atoms with Crippen molar-refractivity contribution < 1.29 is 0 Å². The van der Waals surface area contributed by atoms with E-state index in [9.17, 15) is 0 Å². The molecule has 0 saturated carbocycles. The Hall–Kier alpha value is -0.790. The number of rotatable bonds is 7. The van der Waals surface area contributed by atoms with Gasteiger partial charge in [0.15, 0.2) is 0 Å². The maximum atomic E-state index is 4.59. The van der Waals surface area contributed by atoms with Crippen LogP contribution in [0.2, 0.25) is 0 Å². The van der Waals surface area contributed by atoms with Crippen molar-refractivity contribution >= 4 is 0 Å². The Morgan fingerprint density at radius 1 is 1.29 bits per heavy atom. The first-order valence-corrected chi connectivity index (χ1v) is 7.06. The molecule has 1 aromatic rings. The van der Waals surface area contributed by atoms with Crippen LogP contribution in [0.3, 0.4) is 0 Å². The van der Waals surface area contributed by atoms with Crippen molar-refractivity contribution in [2.75, 3.05) is 0 Å². The second-order valence-corrected chi connectivity index (χ2v) is 5.86. The van der Waals surface area contributed by atoms with Crippen LogP contribution in [0, 0.1) is 0 Å². The molecule has 0 radical (unpaired) electrons. The zero-order valence-electron chi connectivity index (χ0n) is 12.1. The first kappa shape index (κ1) is 14.3. The second-order valence-electron chi connectivity index (χ2n) is 5.86. The standard InChI is InChI=1S/C15H28N2/c1-6-8-10-15(4,5)14-16-11-13(17-14)12(3)9-7-2/h11-12H,6-10H2,1-5H3,(H,16,17). The quantitative estimate of drug-likeness (QED) is 0.725. The molecule has 0 bridgehead atoms. The van der Waals surface area contributed by atoms with Crippen molar-refractivity contribution in [2.45, 2.75) is 78.1 Å². The summed E-state index contributed by atoms with van der Waals surface area (Å²) in [5.41, 5.74) is 1.48. The van der Waals surface area contributed by atoms with Gasteiger partial charge in [-0.25, -0.2) is 4.98 Å². The SMILES string of the molecule is CCCCC(C)(C)c1ncc(C(C)CCC)[nH]1. The van der Waals surface area contributed by atoms with E-state index in [4.69, 9.17) is 0 Å². The second kappa shape index (κ2) is 6.23. The molecule has 1 heterocycles. The smallest absolute Gasteiger partial charge is 0.111 e. The molecule has 0 fully saturated rings. The lowest BCUT2D eigenvalue weighted by atomic mass is 9.86. The van der Waals surface area contributed by atoms with E-state index >= 15 is 0 Å². The van der Waals surface area contributed by atoms with Gasteiger partial charge in [0.2, 0.25) is 0 Å². The minimum Gasteiger partial charge on any atom is -0.345 e. The molecule has 0 amide bonds. The number of nitrogens with one attached hydrogen (secondary N) is 1. The molecule has 17 heavy (non-hydrogen) atoms. The molecule has 98 valence electrons. The highest BCUT2D eigenvalue weighted by atomic mass is 14.9. The van der Waals surface area contributed by atoms with Crippen molar-refractivity contribution in [1.82, 2.24) is 9.97 Å². The third-order valence-electron chi connectivity index (χ3n) is 3.64. The fourth-order valence-corrected chi connectivity index (χ4v) is 2.26. The third-order valence-corrected chi connectivity index (χ3v) is 3.64. The topological polar surface area (TPSA) is 28.7 Å². The van der Waals surface area contributed by atoms with Crippen LogP contribution in [0.4, 0.5) is 0 Å². The predicted octanol–water partition coefficient (Wildman–Crippen LogP) is 4.78. The van der Waals surface area contributed by atoms with Crippen LogP contribution < -0.4 is 0 Å². The number of H-pyrrole nitrogens is 1. The molecule has 0 aliphatic rings. The van der Waals surface area contributed by atoms with Gasteiger partial charge in [0.25, 0.3) is 0 Å². The highest BCUT2D eigenvalue weighted by molar-refractivity contribution is 5.12. The highest BCUT2D eigenvalue weighted by Crippen LogP contribution is 2.28. The van der Waals surface area contributed by atoms with Crippen molar-refractivity contribution in [1.29, 1.82) is 0 Å². The summed E-state index contributed by atoms with van der Waals surface area (Å²) >= 11 is 0. The summed E-state index contributed by atoms with van der Waals surface area (Å²) in [6, 6.07) is 0. The van der Waals surface area contributed by atoms with E-state index in [1.165, 1.54) is 37.8 Å². The Morgan fingerprint density at radius 3 is 2.59 bits per heavy atom. The number of hydrogen-bond donors (Lipinski definition) is 1. The predicted molar refractivity (Wildman–Crippen MR) is 74.5 cm³/mol. The molecule has 2 heteroatoms. The molecule has 1 rings (SSSR count). The first-order valence-electron chi connectivity index (χ1n) is 7.06. The molecule has 0 aliphatic heterocycles. The summed E-state index contributed by atoms with van der Waals surface area (Å²) in [5.74, 6) is 1.76.